The fraction of sp³-hybridized carbons (Fsp3) is 0.535. The minimum absolute atomic E-state index is 0.402. The van der Waals surface area contributed by atoms with Gasteiger partial charge in [0.15, 0.2) is 0 Å². The zero-order valence-electron chi connectivity index (χ0n) is 28.4. The van der Waals surface area contributed by atoms with E-state index in [4.69, 9.17) is 9.59 Å². The highest BCUT2D eigenvalue weighted by Crippen LogP contribution is 2.40. The highest BCUT2D eigenvalue weighted by atomic mass is 16.1. The van der Waals surface area contributed by atoms with E-state index in [1.165, 1.54) is 113 Å². The maximum atomic E-state index is 8.00. The molecule has 2 saturated carbocycles. The van der Waals surface area contributed by atoms with Gasteiger partial charge in [-0.1, -0.05) is 138 Å². The number of hydrogen-bond acceptors (Lipinski definition) is 2. The molecule has 2 aliphatic carbocycles. The van der Waals surface area contributed by atoms with E-state index in [0.29, 0.717) is 5.92 Å². The van der Waals surface area contributed by atoms with Crippen LogP contribution in [0.1, 0.15) is 156 Å². The predicted molar refractivity (Wildman–Crippen MR) is 192 cm³/mol. The molecule has 0 saturated heterocycles. The van der Waals surface area contributed by atoms with Crippen LogP contribution in [0.4, 0.5) is 0 Å². The Morgan fingerprint density at radius 3 is 1.47 bits per heavy atom. The van der Waals surface area contributed by atoms with E-state index in [1.54, 1.807) is 11.1 Å². The van der Waals surface area contributed by atoms with Gasteiger partial charge in [0, 0.05) is 5.92 Å². The average Bonchev–Trinajstić information content (AvgIpc) is 3.13. The average molecular weight is 609 g/mol. The minimum atomic E-state index is 0.402. The van der Waals surface area contributed by atoms with E-state index in [9.17, 15) is 0 Å². The maximum absolute atomic E-state index is 8.00. The Balaban J connectivity index is 0.00000133. The van der Waals surface area contributed by atoms with E-state index < -0.39 is 0 Å². The van der Waals surface area contributed by atoms with Crippen LogP contribution in [0.5, 0.6) is 0 Å². The molecule has 5 rings (SSSR count). The Morgan fingerprint density at radius 2 is 0.978 bits per heavy atom. The number of unbranched alkanes of at least 4 members (excludes halogenated alkanes) is 3. The Kier molecular flexibility index (Phi) is 17.0. The van der Waals surface area contributed by atoms with Gasteiger partial charge < -0.3 is 9.59 Å². The first kappa shape index (κ1) is 36.5. The first-order valence-corrected chi connectivity index (χ1v) is 18.0. The first-order chi connectivity index (χ1) is 22.2. The molecule has 2 aliphatic rings. The SMILES string of the molecule is C=O.C=O.CCCCCC1CCC(c2ccc(C(Cc3ccc(C4CCC(CCCC)CC4)cc3)c3ccccc3)cc2)CC1. The van der Waals surface area contributed by atoms with Crippen LogP contribution in [-0.2, 0) is 16.0 Å². The molecule has 0 amide bonds. The zero-order valence-corrected chi connectivity index (χ0v) is 28.4. The quantitative estimate of drug-likeness (QED) is 0.181. The number of carbonyl (C=O) groups excluding carboxylic acids is 2. The molecule has 0 N–H and O–H groups in total. The van der Waals surface area contributed by atoms with Crippen LogP contribution in [0.2, 0.25) is 0 Å². The van der Waals surface area contributed by atoms with Crippen LogP contribution in [0, 0.1) is 11.8 Å². The summed E-state index contributed by atoms with van der Waals surface area (Å²) in [5, 5.41) is 0. The zero-order chi connectivity index (χ0) is 32.3. The minimum Gasteiger partial charge on any atom is -0.307 e. The Labute approximate surface area is 275 Å². The lowest BCUT2D eigenvalue weighted by Gasteiger charge is -2.29. The highest BCUT2D eigenvalue weighted by Gasteiger charge is 2.24. The number of carbonyl (C=O) groups is 2. The topological polar surface area (TPSA) is 34.1 Å². The van der Waals surface area contributed by atoms with Crippen molar-refractivity contribution in [2.75, 3.05) is 0 Å². The lowest BCUT2D eigenvalue weighted by molar-refractivity contribution is -0.0987. The van der Waals surface area contributed by atoms with Gasteiger partial charge >= 0.3 is 0 Å². The van der Waals surface area contributed by atoms with Gasteiger partial charge in [-0.05, 0) is 109 Å². The molecule has 0 heterocycles. The molecule has 0 aromatic heterocycles. The van der Waals surface area contributed by atoms with Gasteiger partial charge in [-0.25, -0.2) is 0 Å². The van der Waals surface area contributed by atoms with Gasteiger partial charge in [0.25, 0.3) is 0 Å². The van der Waals surface area contributed by atoms with Gasteiger partial charge in [-0.2, -0.15) is 0 Å². The molecular weight excluding hydrogens is 548 g/mol. The molecule has 2 nitrogen and oxygen atoms in total. The van der Waals surface area contributed by atoms with Crippen LogP contribution in [-0.4, -0.2) is 13.6 Å². The van der Waals surface area contributed by atoms with Crippen molar-refractivity contribution in [2.45, 2.75) is 134 Å². The summed E-state index contributed by atoms with van der Waals surface area (Å²) in [7, 11) is 0. The van der Waals surface area contributed by atoms with Crippen molar-refractivity contribution in [1.29, 1.82) is 0 Å². The summed E-state index contributed by atoms with van der Waals surface area (Å²) in [5.74, 6) is 3.89. The standard InChI is InChI=1S/C41H56.2CH2O/c1-3-5-8-12-33-17-23-36(24-18-33)38-27-29-40(30-28-38)41(39-13-9-7-10-14-39)31-34-19-25-37(26-20-34)35-21-15-32(16-22-35)11-6-4-2;2*1-2/h7,9-10,13-14,19-20,25-30,32-33,35-36,41H,3-6,8,11-12,15-18,21-24,31H2,1-2H3;2*1H2. The lowest BCUT2D eigenvalue weighted by Crippen LogP contribution is -2.14. The molecule has 2 fully saturated rings. The predicted octanol–water partition coefficient (Wildman–Crippen LogP) is 12.0. The normalized spacial score (nSPS) is 21.8. The third-order valence-electron chi connectivity index (χ3n) is 10.8. The number of hydrogen-bond donors (Lipinski definition) is 0. The third kappa shape index (κ3) is 11.4. The van der Waals surface area contributed by atoms with E-state index in [1.807, 2.05) is 13.6 Å². The molecule has 0 aliphatic heterocycles. The summed E-state index contributed by atoms with van der Waals surface area (Å²) in [4.78, 5) is 16.0. The molecule has 0 spiro atoms. The molecule has 1 unspecified atom stereocenters. The fourth-order valence-corrected chi connectivity index (χ4v) is 8.02. The van der Waals surface area contributed by atoms with E-state index in [-0.39, 0.29) is 0 Å². The molecule has 0 radical (unpaired) electrons. The van der Waals surface area contributed by atoms with Crippen molar-refractivity contribution >= 4 is 13.6 Å². The van der Waals surface area contributed by atoms with E-state index in [2.05, 4.69) is 92.7 Å². The Bertz CT molecular complexity index is 1150. The van der Waals surface area contributed by atoms with Crippen molar-refractivity contribution in [1.82, 2.24) is 0 Å². The largest absolute Gasteiger partial charge is 0.307 e. The summed E-state index contributed by atoms with van der Waals surface area (Å²) in [6.45, 7) is 8.64. The van der Waals surface area contributed by atoms with Crippen molar-refractivity contribution < 1.29 is 9.59 Å². The van der Waals surface area contributed by atoms with Crippen molar-refractivity contribution in [3.05, 3.63) is 107 Å². The smallest absolute Gasteiger partial charge is 0.106 e. The van der Waals surface area contributed by atoms with Gasteiger partial charge in [-0.15, -0.1) is 0 Å². The van der Waals surface area contributed by atoms with Gasteiger partial charge in [0.2, 0.25) is 0 Å². The number of benzene rings is 3. The maximum Gasteiger partial charge on any atom is 0.106 e. The second-order valence-corrected chi connectivity index (χ2v) is 13.6. The van der Waals surface area contributed by atoms with Crippen molar-refractivity contribution in [2.24, 2.45) is 11.8 Å². The molecule has 45 heavy (non-hydrogen) atoms. The molecule has 3 aromatic rings. The molecule has 2 heteroatoms. The van der Waals surface area contributed by atoms with Crippen molar-refractivity contribution in [3.8, 4) is 0 Å². The van der Waals surface area contributed by atoms with E-state index >= 15 is 0 Å². The molecule has 244 valence electrons. The molecule has 3 aromatic carbocycles. The first-order valence-electron chi connectivity index (χ1n) is 18.0. The Hall–Kier alpha value is -3.00. The third-order valence-corrected chi connectivity index (χ3v) is 10.8. The second-order valence-electron chi connectivity index (χ2n) is 13.6. The number of rotatable bonds is 13. The van der Waals surface area contributed by atoms with Gasteiger partial charge in [0.05, 0.1) is 0 Å². The lowest BCUT2D eigenvalue weighted by atomic mass is 9.76. The van der Waals surface area contributed by atoms with Gasteiger partial charge in [-0.3, -0.25) is 0 Å². The summed E-state index contributed by atoms with van der Waals surface area (Å²) >= 11 is 0. The van der Waals surface area contributed by atoms with Gasteiger partial charge in [0.1, 0.15) is 13.6 Å². The van der Waals surface area contributed by atoms with Crippen LogP contribution in [0.25, 0.3) is 0 Å². The highest BCUT2D eigenvalue weighted by molar-refractivity contribution is 5.38. The summed E-state index contributed by atoms with van der Waals surface area (Å²) < 4.78 is 0. The fourth-order valence-electron chi connectivity index (χ4n) is 8.02. The van der Waals surface area contributed by atoms with E-state index in [0.717, 1.165) is 30.1 Å². The molecule has 0 bridgehead atoms. The van der Waals surface area contributed by atoms with Crippen LogP contribution in [0.15, 0.2) is 78.9 Å². The van der Waals surface area contributed by atoms with Crippen LogP contribution >= 0.6 is 0 Å². The summed E-state index contributed by atoms with van der Waals surface area (Å²) in [6.07, 6.45) is 22.2. The Morgan fingerprint density at radius 1 is 0.533 bits per heavy atom. The second kappa shape index (κ2) is 20.9. The molecule has 1 atom stereocenters. The molecular formula is C43H60O2. The van der Waals surface area contributed by atoms with Crippen LogP contribution in [0.3, 0.4) is 0 Å². The van der Waals surface area contributed by atoms with Crippen LogP contribution < -0.4 is 0 Å². The monoisotopic (exact) mass is 608 g/mol. The summed E-state index contributed by atoms with van der Waals surface area (Å²) in [5.41, 5.74) is 7.50. The summed E-state index contributed by atoms with van der Waals surface area (Å²) in [6, 6.07) is 30.8. The van der Waals surface area contributed by atoms with Crippen molar-refractivity contribution in [3.63, 3.8) is 0 Å².